The Hall–Kier alpha value is -5.12. The summed E-state index contributed by atoms with van der Waals surface area (Å²) in [6, 6.07) is 18.9. The largest absolute Gasteiger partial charge is 0.490 e. The van der Waals surface area contributed by atoms with Crippen molar-refractivity contribution in [2.24, 2.45) is 5.10 Å². The van der Waals surface area contributed by atoms with Gasteiger partial charge in [-0.1, -0.05) is 48.0 Å². The van der Waals surface area contributed by atoms with E-state index in [2.05, 4.69) is 27.2 Å². The number of allylic oxidation sites excluding steroid dienone is 1. The van der Waals surface area contributed by atoms with Crippen molar-refractivity contribution < 1.29 is 28.5 Å². The molecule has 3 aromatic rings. The lowest BCUT2D eigenvalue weighted by molar-refractivity contribution is -0.139. The van der Waals surface area contributed by atoms with E-state index in [0.29, 0.717) is 62.5 Å². The second kappa shape index (κ2) is 16.3. The monoisotopic (exact) mass is 661 g/mol. The van der Waals surface area contributed by atoms with Crippen LogP contribution < -0.4 is 30.3 Å². The van der Waals surface area contributed by atoms with Gasteiger partial charge in [0.2, 0.25) is 0 Å². The van der Waals surface area contributed by atoms with Crippen molar-refractivity contribution in [3.63, 3.8) is 0 Å². The summed E-state index contributed by atoms with van der Waals surface area (Å²) < 4.78 is 22.8. The van der Waals surface area contributed by atoms with Crippen LogP contribution in [-0.2, 0) is 20.9 Å². The topological polar surface area (TPSA) is 143 Å². The number of nitriles is 1. The number of nitrogens with zero attached hydrogens (tertiary/aromatic N) is 2. The van der Waals surface area contributed by atoms with Gasteiger partial charge in [-0.05, 0) is 62.8 Å². The van der Waals surface area contributed by atoms with E-state index in [-0.39, 0.29) is 24.8 Å². The number of hydrogen-bond donors (Lipinski definition) is 3. The Bertz CT molecular complexity index is 1720. The number of hydrazone groups is 1. The molecule has 1 aliphatic heterocycles. The van der Waals surface area contributed by atoms with Crippen molar-refractivity contribution >= 4 is 47.0 Å². The Morgan fingerprint density at radius 2 is 1.83 bits per heavy atom. The summed E-state index contributed by atoms with van der Waals surface area (Å²) in [5, 5.41) is 20.0. The number of thiocarbonyl (C=S) groups is 1. The predicted octanol–water partition coefficient (Wildman–Crippen LogP) is 5.07. The number of hydrogen-bond acceptors (Lipinski definition) is 9. The maximum atomic E-state index is 12.8. The lowest BCUT2D eigenvalue weighted by Gasteiger charge is -2.30. The maximum absolute atomic E-state index is 12.8. The van der Waals surface area contributed by atoms with Crippen LogP contribution in [0.25, 0.3) is 0 Å². The molecule has 3 N–H and O–H groups in total. The second-order valence-electron chi connectivity index (χ2n) is 9.73. The number of esters is 1. The first-order chi connectivity index (χ1) is 22.2. The van der Waals surface area contributed by atoms with Crippen LogP contribution in [0.15, 0.2) is 77.0 Å². The van der Waals surface area contributed by atoms with Gasteiger partial charge in [-0.15, -0.1) is 0 Å². The normalized spacial score (nSPS) is 14.2. The zero-order valence-corrected chi connectivity index (χ0v) is 27.0. The number of rotatable bonds is 13. The van der Waals surface area contributed by atoms with Gasteiger partial charge in [-0.2, -0.15) is 10.4 Å². The van der Waals surface area contributed by atoms with E-state index in [0.717, 1.165) is 0 Å². The number of para-hydroxylation sites is 1. The highest BCUT2D eigenvalue weighted by Gasteiger charge is 2.32. The number of nitrogens with one attached hydrogen (secondary N) is 3. The number of ether oxygens (including phenoxy) is 4. The molecule has 4 rings (SSSR count). The van der Waals surface area contributed by atoms with Crippen LogP contribution in [0.1, 0.15) is 49.1 Å². The molecule has 13 heteroatoms. The number of amides is 1. The molecule has 3 aromatic carbocycles. The van der Waals surface area contributed by atoms with Crippen LogP contribution in [0.2, 0.25) is 5.02 Å². The van der Waals surface area contributed by atoms with Crippen LogP contribution in [0.5, 0.6) is 17.2 Å². The second-order valence-corrected chi connectivity index (χ2v) is 10.5. The molecular formula is C33H32ClN5O6S. The standard InChI is InChI=1S/C33H32ClN5O6S/c1-4-42-27-15-21(14-25(34)31(27)45-18-23-11-7-6-10-22(23)16-35)17-36-39-28(40)19-44-26-13-9-8-12-24(26)30-29(32(41)43-5-2)20(3)37-33(46)38-30/h6-15,17,30H,4-5,18-19H2,1-3H3,(H,39,40)(H2,37,38,46)/t30-/m1/s1. The van der Waals surface area contributed by atoms with Crippen molar-refractivity contribution in [2.45, 2.75) is 33.4 Å². The van der Waals surface area contributed by atoms with Gasteiger partial charge in [0.05, 0.1) is 47.7 Å². The Morgan fingerprint density at radius 1 is 1.07 bits per heavy atom. The van der Waals surface area contributed by atoms with Gasteiger partial charge in [0.25, 0.3) is 5.91 Å². The van der Waals surface area contributed by atoms with Crippen LogP contribution in [0.3, 0.4) is 0 Å². The minimum Gasteiger partial charge on any atom is -0.490 e. The Morgan fingerprint density at radius 3 is 2.59 bits per heavy atom. The lowest BCUT2D eigenvalue weighted by atomic mass is 9.95. The Kier molecular flexibility index (Phi) is 11.9. The highest BCUT2D eigenvalue weighted by molar-refractivity contribution is 7.80. The summed E-state index contributed by atoms with van der Waals surface area (Å²) in [4.78, 5) is 25.4. The summed E-state index contributed by atoms with van der Waals surface area (Å²) >= 11 is 11.8. The first kappa shape index (κ1) is 33.8. The SMILES string of the molecule is CCOC(=O)C1=C(C)NC(=S)N[C@@H]1c1ccccc1OCC(=O)NN=Cc1cc(Cl)c(OCc2ccccc2C#N)c(OCC)c1. The highest BCUT2D eigenvalue weighted by Crippen LogP contribution is 2.37. The van der Waals surface area contributed by atoms with E-state index in [1.165, 1.54) is 6.21 Å². The maximum Gasteiger partial charge on any atom is 0.338 e. The summed E-state index contributed by atoms with van der Waals surface area (Å²) in [6.45, 7) is 5.62. The van der Waals surface area contributed by atoms with Crippen molar-refractivity contribution in [2.75, 3.05) is 19.8 Å². The Balaban J connectivity index is 1.42. The van der Waals surface area contributed by atoms with E-state index in [1.54, 1.807) is 68.4 Å². The molecule has 0 aliphatic carbocycles. The first-order valence-electron chi connectivity index (χ1n) is 14.3. The molecule has 238 valence electrons. The van der Waals surface area contributed by atoms with Crippen molar-refractivity contribution in [1.29, 1.82) is 5.26 Å². The number of benzene rings is 3. The fraction of sp³-hybridized carbons (Fsp3) is 0.242. The molecule has 1 heterocycles. The van der Waals surface area contributed by atoms with Crippen LogP contribution in [0, 0.1) is 11.3 Å². The predicted molar refractivity (Wildman–Crippen MR) is 177 cm³/mol. The summed E-state index contributed by atoms with van der Waals surface area (Å²) in [6.07, 6.45) is 1.41. The average molecular weight is 662 g/mol. The Labute approximate surface area is 277 Å². The molecule has 11 nitrogen and oxygen atoms in total. The molecule has 1 aliphatic rings. The van der Waals surface area contributed by atoms with E-state index in [9.17, 15) is 14.9 Å². The summed E-state index contributed by atoms with van der Waals surface area (Å²) in [7, 11) is 0. The average Bonchev–Trinajstić information content (AvgIpc) is 3.03. The number of carbonyl (C=O) groups excluding carboxylic acids is 2. The van der Waals surface area contributed by atoms with Crippen LogP contribution in [-0.4, -0.2) is 43.0 Å². The minimum atomic E-state index is -0.651. The molecule has 0 aromatic heterocycles. The molecule has 0 bridgehead atoms. The molecule has 0 spiro atoms. The molecule has 0 fully saturated rings. The van der Waals surface area contributed by atoms with E-state index < -0.39 is 17.9 Å². The number of carbonyl (C=O) groups is 2. The van der Waals surface area contributed by atoms with E-state index in [4.69, 9.17) is 42.8 Å². The number of halogens is 1. The molecular weight excluding hydrogens is 630 g/mol. The van der Waals surface area contributed by atoms with Gasteiger partial charge in [-0.3, -0.25) is 4.79 Å². The smallest absolute Gasteiger partial charge is 0.338 e. The molecule has 0 radical (unpaired) electrons. The molecule has 1 amide bonds. The van der Waals surface area contributed by atoms with Crippen molar-refractivity contribution in [3.05, 3.63) is 99.2 Å². The van der Waals surface area contributed by atoms with Crippen molar-refractivity contribution in [3.8, 4) is 23.3 Å². The van der Waals surface area contributed by atoms with Gasteiger partial charge >= 0.3 is 5.97 Å². The molecule has 0 unspecified atom stereocenters. The molecule has 46 heavy (non-hydrogen) atoms. The van der Waals surface area contributed by atoms with E-state index >= 15 is 0 Å². The lowest BCUT2D eigenvalue weighted by Crippen LogP contribution is -2.45. The minimum absolute atomic E-state index is 0.122. The quantitative estimate of drug-likeness (QED) is 0.0983. The third-order valence-corrected chi connectivity index (χ3v) is 7.10. The molecule has 0 saturated carbocycles. The van der Waals surface area contributed by atoms with Gasteiger partial charge < -0.3 is 29.6 Å². The zero-order valence-electron chi connectivity index (χ0n) is 25.4. The highest BCUT2D eigenvalue weighted by atomic mass is 35.5. The fourth-order valence-electron chi connectivity index (χ4n) is 4.58. The molecule has 0 saturated heterocycles. The van der Waals surface area contributed by atoms with Gasteiger partial charge in [0.15, 0.2) is 23.2 Å². The summed E-state index contributed by atoms with van der Waals surface area (Å²) in [5.74, 6) is 0.0640. The van der Waals surface area contributed by atoms with Gasteiger partial charge in [-0.25, -0.2) is 10.2 Å². The third-order valence-electron chi connectivity index (χ3n) is 6.60. The zero-order chi connectivity index (χ0) is 33.1. The summed E-state index contributed by atoms with van der Waals surface area (Å²) in [5.41, 5.74) is 5.71. The van der Waals surface area contributed by atoms with Crippen molar-refractivity contribution in [1.82, 2.24) is 16.1 Å². The van der Waals surface area contributed by atoms with Gasteiger partial charge in [0, 0.05) is 16.8 Å². The molecule has 1 atom stereocenters. The van der Waals surface area contributed by atoms with Crippen LogP contribution >= 0.6 is 23.8 Å². The van der Waals surface area contributed by atoms with Crippen LogP contribution in [0.4, 0.5) is 0 Å². The van der Waals surface area contributed by atoms with Gasteiger partial charge in [0.1, 0.15) is 12.4 Å². The van der Waals surface area contributed by atoms with E-state index in [1.807, 2.05) is 13.0 Å². The fourth-order valence-corrected chi connectivity index (χ4v) is 5.13. The first-order valence-corrected chi connectivity index (χ1v) is 15.1. The third kappa shape index (κ3) is 8.53.